The molecule has 1 aromatic rings. The minimum Gasteiger partial charge on any atom is -0.478 e. The van der Waals surface area contributed by atoms with Crippen LogP contribution in [0.3, 0.4) is 0 Å². The SMILES string of the molecule is CNC(=O)CCCS(=O)(=O)c1ccc(C)c(C(=O)O)c1. The van der Waals surface area contributed by atoms with E-state index in [0.29, 0.717) is 5.56 Å². The first kappa shape index (κ1) is 16.2. The fraction of sp³-hybridized carbons (Fsp3) is 0.385. The van der Waals surface area contributed by atoms with Crippen molar-refractivity contribution in [3.8, 4) is 0 Å². The van der Waals surface area contributed by atoms with Crippen molar-refractivity contribution in [1.82, 2.24) is 5.32 Å². The summed E-state index contributed by atoms with van der Waals surface area (Å²) in [6.07, 6.45) is 0.311. The van der Waals surface area contributed by atoms with Crippen LogP contribution in [-0.4, -0.2) is 38.2 Å². The Kier molecular flexibility index (Phi) is 5.26. The van der Waals surface area contributed by atoms with E-state index in [9.17, 15) is 18.0 Å². The van der Waals surface area contributed by atoms with Gasteiger partial charge in [-0.05, 0) is 31.0 Å². The molecule has 0 radical (unpaired) electrons. The average Bonchev–Trinajstić information content (AvgIpc) is 2.38. The van der Waals surface area contributed by atoms with Gasteiger partial charge in [-0.3, -0.25) is 4.79 Å². The lowest BCUT2D eigenvalue weighted by atomic mass is 10.1. The van der Waals surface area contributed by atoms with Gasteiger partial charge in [0.25, 0.3) is 0 Å². The molecular weight excluding hydrogens is 282 g/mol. The summed E-state index contributed by atoms with van der Waals surface area (Å²) >= 11 is 0. The number of nitrogens with one attached hydrogen (secondary N) is 1. The largest absolute Gasteiger partial charge is 0.478 e. The second kappa shape index (κ2) is 6.51. The number of carboxylic acids is 1. The van der Waals surface area contributed by atoms with Gasteiger partial charge in [0.15, 0.2) is 9.84 Å². The molecular formula is C13H17NO5S. The predicted molar refractivity (Wildman–Crippen MR) is 73.5 cm³/mol. The molecule has 0 aliphatic carbocycles. The van der Waals surface area contributed by atoms with Crippen LogP contribution in [0.4, 0.5) is 0 Å². The number of rotatable bonds is 6. The number of aryl methyl sites for hydroxylation is 1. The molecule has 1 amide bonds. The first-order valence-corrected chi connectivity index (χ1v) is 7.70. The Labute approximate surface area is 117 Å². The molecule has 0 spiro atoms. The van der Waals surface area contributed by atoms with Gasteiger partial charge in [0.2, 0.25) is 5.91 Å². The van der Waals surface area contributed by atoms with Gasteiger partial charge in [-0.2, -0.15) is 0 Å². The van der Waals surface area contributed by atoms with Gasteiger partial charge in [-0.15, -0.1) is 0 Å². The number of carbonyl (C=O) groups is 2. The molecule has 1 rings (SSSR count). The normalized spacial score (nSPS) is 11.1. The molecule has 110 valence electrons. The van der Waals surface area contributed by atoms with Crippen molar-refractivity contribution < 1.29 is 23.1 Å². The maximum Gasteiger partial charge on any atom is 0.335 e. The van der Waals surface area contributed by atoms with Gasteiger partial charge in [-0.25, -0.2) is 13.2 Å². The molecule has 0 bridgehead atoms. The number of sulfone groups is 1. The van der Waals surface area contributed by atoms with E-state index in [2.05, 4.69) is 5.32 Å². The number of aromatic carboxylic acids is 1. The lowest BCUT2D eigenvalue weighted by molar-refractivity contribution is -0.120. The van der Waals surface area contributed by atoms with Crippen LogP contribution >= 0.6 is 0 Å². The van der Waals surface area contributed by atoms with E-state index >= 15 is 0 Å². The Morgan fingerprint density at radius 2 is 1.95 bits per heavy atom. The average molecular weight is 299 g/mol. The third-order valence-electron chi connectivity index (χ3n) is 2.89. The highest BCUT2D eigenvalue weighted by Crippen LogP contribution is 2.18. The van der Waals surface area contributed by atoms with Crippen molar-refractivity contribution in [3.63, 3.8) is 0 Å². The highest BCUT2D eigenvalue weighted by atomic mass is 32.2. The van der Waals surface area contributed by atoms with E-state index in [0.717, 1.165) is 6.07 Å². The standard InChI is InChI=1S/C13H17NO5S/c1-9-5-6-10(8-11(9)13(16)17)20(18,19)7-3-4-12(15)14-2/h5-6,8H,3-4,7H2,1-2H3,(H,14,15)(H,16,17). The summed E-state index contributed by atoms with van der Waals surface area (Å²) in [7, 11) is -2.10. The zero-order valence-electron chi connectivity index (χ0n) is 11.3. The molecule has 1 aromatic carbocycles. The summed E-state index contributed by atoms with van der Waals surface area (Å²) < 4.78 is 24.1. The first-order valence-electron chi connectivity index (χ1n) is 6.05. The highest BCUT2D eigenvalue weighted by Gasteiger charge is 2.18. The number of benzene rings is 1. The van der Waals surface area contributed by atoms with Crippen molar-refractivity contribution in [3.05, 3.63) is 29.3 Å². The maximum atomic E-state index is 12.1. The number of hydrogen-bond donors (Lipinski definition) is 2. The Hall–Kier alpha value is -1.89. The Morgan fingerprint density at radius 3 is 2.50 bits per heavy atom. The van der Waals surface area contributed by atoms with Crippen LogP contribution in [0.5, 0.6) is 0 Å². The van der Waals surface area contributed by atoms with E-state index in [1.54, 1.807) is 6.92 Å². The predicted octanol–water partition coefficient (Wildman–Crippen LogP) is 0.993. The monoisotopic (exact) mass is 299 g/mol. The third kappa shape index (κ3) is 4.06. The van der Waals surface area contributed by atoms with E-state index in [1.807, 2.05) is 0 Å². The van der Waals surface area contributed by atoms with Crippen molar-refractivity contribution in [2.45, 2.75) is 24.7 Å². The molecule has 6 nitrogen and oxygen atoms in total. The van der Waals surface area contributed by atoms with Crippen LogP contribution in [0.2, 0.25) is 0 Å². The van der Waals surface area contributed by atoms with Crippen molar-refractivity contribution in [2.24, 2.45) is 0 Å². The molecule has 0 unspecified atom stereocenters. The summed E-state index contributed by atoms with van der Waals surface area (Å²) in [6.45, 7) is 1.60. The smallest absolute Gasteiger partial charge is 0.335 e. The summed E-state index contributed by atoms with van der Waals surface area (Å²) in [5, 5.41) is 11.4. The van der Waals surface area contributed by atoms with Gasteiger partial charge in [-0.1, -0.05) is 6.07 Å². The van der Waals surface area contributed by atoms with E-state index in [4.69, 9.17) is 5.11 Å². The molecule has 2 N–H and O–H groups in total. The van der Waals surface area contributed by atoms with E-state index in [-0.39, 0.29) is 35.0 Å². The van der Waals surface area contributed by atoms with E-state index in [1.165, 1.54) is 19.2 Å². The molecule has 0 atom stereocenters. The molecule has 0 saturated carbocycles. The Bertz CT molecular complexity index is 622. The summed E-state index contributed by atoms with van der Waals surface area (Å²) in [5.41, 5.74) is 0.471. The number of hydrogen-bond acceptors (Lipinski definition) is 4. The number of carbonyl (C=O) groups excluding carboxylic acids is 1. The van der Waals surface area contributed by atoms with Crippen molar-refractivity contribution >= 4 is 21.7 Å². The molecule has 0 saturated heterocycles. The van der Waals surface area contributed by atoms with Gasteiger partial charge >= 0.3 is 5.97 Å². The summed E-state index contributed by atoms with van der Waals surface area (Å²) in [6, 6.07) is 4.01. The molecule has 0 aliphatic rings. The highest BCUT2D eigenvalue weighted by molar-refractivity contribution is 7.91. The van der Waals surface area contributed by atoms with Crippen molar-refractivity contribution in [1.29, 1.82) is 0 Å². The molecule has 0 aliphatic heterocycles. The van der Waals surface area contributed by atoms with Crippen LogP contribution in [-0.2, 0) is 14.6 Å². The zero-order valence-corrected chi connectivity index (χ0v) is 12.2. The first-order chi connectivity index (χ1) is 9.27. The molecule has 7 heteroatoms. The number of amides is 1. The van der Waals surface area contributed by atoms with Crippen LogP contribution in [0.15, 0.2) is 23.1 Å². The topological polar surface area (TPSA) is 101 Å². The summed E-state index contributed by atoms with van der Waals surface area (Å²) in [4.78, 5) is 22.0. The van der Waals surface area contributed by atoms with Crippen LogP contribution in [0, 0.1) is 6.92 Å². The van der Waals surface area contributed by atoms with Gasteiger partial charge < -0.3 is 10.4 Å². The maximum absolute atomic E-state index is 12.1. The summed E-state index contributed by atoms with van der Waals surface area (Å²) in [5.74, 6) is -1.58. The molecule has 0 heterocycles. The zero-order chi connectivity index (χ0) is 15.3. The van der Waals surface area contributed by atoms with Crippen molar-refractivity contribution in [2.75, 3.05) is 12.8 Å². The lowest BCUT2D eigenvalue weighted by Gasteiger charge is -2.07. The fourth-order valence-corrected chi connectivity index (χ4v) is 3.02. The Morgan fingerprint density at radius 1 is 1.30 bits per heavy atom. The van der Waals surface area contributed by atoms with Crippen LogP contribution < -0.4 is 5.32 Å². The van der Waals surface area contributed by atoms with Gasteiger partial charge in [0.05, 0.1) is 16.2 Å². The third-order valence-corrected chi connectivity index (χ3v) is 4.69. The second-order valence-electron chi connectivity index (χ2n) is 4.38. The van der Waals surface area contributed by atoms with Crippen LogP contribution in [0.1, 0.15) is 28.8 Å². The van der Waals surface area contributed by atoms with Gasteiger partial charge in [0.1, 0.15) is 0 Å². The number of carboxylic acid groups (broad SMARTS) is 1. The van der Waals surface area contributed by atoms with E-state index < -0.39 is 15.8 Å². The molecule has 0 fully saturated rings. The minimum absolute atomic E-state index is 0.0302. The quantitative estimate of drug-likeness (QED) is 0.816. The Balaban J connectivity index is 2.90. The molecule has 20 heavy (non-hydrogen) atoms. The fourth-order valence-electron chi connectivity index (χ4n) is 1.69. The minimum atomic E-state index is -3.58. The molecule has 0 aromatic heterocycles. The lowest BCUT2D eigenvalue weighted by Crippen LogP contribution is -2.19. The van der Waals surface area contributed by atoms with Gasteiger partial charge in [0, 0.05) is 13.5 Å². The second-order valence-corrected chi connectivity index (χ2v) is 6.49. The van der Waals surface area contributed by atoms with Crippen LogP contribution in [0.25, 0.3) is 0 Å².